The summed E-state index contributed by atoms with van der Waals surface area (Å²) in [5.41, 5.74) is 1.96. The van der Waals surface area contributed by atoms with Crippen molar-refractivity contribution >= 4 is 5.91 Å². The van der Waals surface area contributed by atoms with E-state index in [1.807, 2.05) is 16.5 Å². The van der Waals surface area contributed by atoms with Gasteiger partial charge in [-0.15, -0.1) is 0 Å². The molecule has 2 fully saturated rings. The molecule has 4 rings (SSSR count). The molecule has 1 amide bonds. The van der Waals surface area contributed by atoms with E-state index in [1.165, 1.54) is 19.3 Å². The van der Waals surface area contributed by atoms with Gasteiger partial charge in [-0.25, -0.2) is 4.68 Å². The number of ether oxygens (including phenoxy) is 1. The van der Waals surface area contributed by atoms with E-state index in [1.54, 1.807) is 0 Å². The van der Waals surface area contributed by atoms with E-state index < -0.39 is 0 Å². The van der Waals surface area contributed by atoms with Crippen LogP contribution in [0.25, 0.3) is 0 Å². The summed E-state index contributed by atoms with van der Waals surface area (Å²) in [6, 6.07) is 0. The fourth-order valence-electron chi connectivity index (χ4n) is 3.57. The SMILES string of the molecule is Cc1c(C(=O)N2CCCC3(CC3)C2)nn2c1OCCC2. The van der Waals surface area contributed by atoms with Gasteiger partial charge in [0.15, 0.2) is 5.69 Å². The Morgan fingerprint density at radius 3 is 2.85 bits per heavy atom. The number of fused-ring (bicyclic) bond motifs is 1. The van der Waals surface area contributed by atoms with Gasteiger partial charge in [0, 0.05) is 31.6 Å². The molecule has 0 unspecified atom stereocenters. The molecule has 0 aromatic carbocycles. The van der Waals surface area contributed by atoms with E-state index in [0.29, 0.717) is 11.1 Å². The van der Waals surface area contributed by atoms with Crippen LogP contribution >= 0.6 is 0 Å². The predicted octanol–water partition coefficient (Wildman–Crippen LogP) is 1.99. The molecule has 3 aliphatic rings. The van der Waals surface area contributed by atoms with Crippen LogP contribution in [0.5, 0.6) is 5.88 Å². The number of carbonyl (C=O) groups is 1. The Morgan fingerprint density at radius 1 is 1.25 bits per heavy atom. The van der Waals surface area contributed by atoms with Crippen molar-refractivity contribution in [1.29, 1.82) is 0 Å². The van der Waals surface area contributed by atoms with E-state index in [2.05, 4.69) is 5.10 Å². The molecule has 1 saturated heterocycles. The molecule has 1 aromatic heterocycles. The number of hydrogen-bond acceptors (Lipinski definition) is 3. The Hall–Kier alpha value is -1.52. The molecule has 1 spiro atoms. The lowest BCUT2D eigenvalue weighted by molar-refractivity contribution is 0.0647. The van der Waals surface area contributed by atoms with Crippen molar-refractivity contribution in [3.8, 4) is 5.88 Å². The molecule has 0 N–H and O–H groups in total. The zero-order valence-electron chi connectivity index (χ0n) is 12.0. The van der Waals surface area contributed by atoms with Gasteiger partial charge in [-0.1, -0.05) is 0 Å². The molecule has 20 heavy (non-hydrogen) atoms. The Labute approximate surface area is 118 Å². The maximum absolute atomic E-state index is 12.7. The van der Waals surface area contributed by atoms with Crippen LogP contribution in [0.4, 0.5) is 0 Å². The van der Waals surface area contributed by atoms with Crippen LogP contribution in [0.2, 0.25) is 0 Å². The number of likely N-dealkylation sites (tertiary alicyclic amines) is 1. The fourth-order valence-corrected chi connectivity index (χ4v) is 3.57. The van der Waals surface area contributed by atoms with E-state index in [-0.39, 0.29) is 5.91 Å². The topological polar surface area (TPSA) is 47.4 Å². The van der Waals surface area contributed by atoms with Crippen LogP contribution in [0, 0.1) is 12.3 Å². The normalized spacial score (nSPS) is 23.4. The predicted molar refractivity (Wildman–Crippen MR) is 73.9 cm³/mol. The molecule has 1 saturated carbocycles. The summed E-state index contributed by atoms with van der Waals surface area (Å²) in [5, 5.41) is 4.49. The van der Waals surface area contributed by atoms with Gasteiger partial charge < -0.3 is 9.64 Å². The first-order chi connectivity index (χ1) is 9.69. The molecule has 108 valence electrons. The third-order valence-corrected chi connectivity index (χ3v) is 4.99. The number of rotatable bonds is 1. The van der Waals surface area contributed by atoms with E-state index in [9.17, 15) is 4.79 Å². The maximum Gasteiger partial charge on any atom is 0.274 e. The molecule has 2 aliphatic heterocycles. The maximum atomic E-state index is 12.7. The molecule has 0 radical (unpaired) electrons. The lowest BCUT2D eigenvalue weighted by Crippen LogP contribution is -2.41. The Kier molecular flexibility index (Phi) is 2.59. The Morgan fingerprint density at radius 2 is 2.10 bits per heavy atom. The van der Waals surface area contributed by atoms with Crippen LogP contribution in [0.3, 0.4) is 0 Å². The highest BCUT2D eigenvalue weighted by atomic mass is 16.5. The van der Waals surface area contributed by atoms with Crippen molar-refractivity contribution in [2.24, 2.45) is 5.41 Å². The van der Waals surface area contributed by atoms with Crippen LogP contribution in [-0.4, -0.2) is 40.3 Å². The fraction of sp³-hybridized carbons (Fsp3) is 0.733. The number of aryl methyl sites for hydroxylation is 1. The van der Waals surface area contributed by atoms with Gasteiger partial charge in [0.25, 0.3) is 5.91 Å². The molecule has 5 nitrogen and oxygen atoms in total. The Bertz CT molecular complexity index is 560. The van der Waals surface area contributed by atoms with Gasteiger partial charge in [-0.05, 0) is 38.0 Å². The minimum absolute atomic E-state index is 0.0963. The number of piperidine rings is 1. The second-order valence-electron chi connectivity index (χ2n) is 6.53. The summed E-state index contributed by atoms with van der Waals surface area (Å²) < 4.78 is 7.51. The van der Waals surface area contributed by atoms with Crippen molar-refractivity contribution < 1.29 is 9.53 Å². The summed E-state index contributed by atoms with van der Waals surface area (Å²) in [6.45, 7) is 5.34. The van der Waals surface area contributed by atoms with Crippen LogP contribution in [0.1, 0.15) is 48.2 Å². The smallest absolute Gasteiger partial charge is 0.274 e. The summed E-state index contributed by atoms with van der Waals surface area (Å²) in [6.07, 6.45) is 5.97. The van der Waals surface area contributed by atoms with Crippen molar-refractivity contribution in [3.05, 3.63) is 11.3 Å². The van der Waals surface area contributed by atoms with Gasteiger partial charge >= 0.3 is 0 Å². The van der Waals surface area contributed by atoms with E-state index in [4.69, 9.17) is 4.74 Å². The van der Waals surface area contributed by atoms with Crippen LogP contribution in [0.15, 0.2) is 0 Å². The molecular formula is C15H21N3O2. The summed E-state index contributed by atoms with van der Waals surface area (Å²) >= 11 is 0. The minimum atomic E-state index is 0.0963. The number of aromatic nitrogens is 2. The zero-order chi connectivity index (χ0) is 13.7. The van der Waals surface area contributed by atoms with E-state index >= 15 is 0 Å². The molecular weight excluding hydrogens is 254 g/mol. The summed E-state index contributed by atoms with van der Waals surface area (Å²) in [4.78, 5) is 14.8. The average molecular weight is 275 g/mol. The Balaban J connectivity index is 1.60. The number of carbonyl (C=O) groups excluding carboxylic acids is 1. The number of hydrogen-bond donors (Lipinski definition) is 0. The van der Waals surface area contributed by atoms with Crippen molar-refractivity contribution in [2.75, 3.05) is 19.7 Å². The third kappa shape index (κ3) is 1.83. The second-order valence-corrected chi connectivity index (χ2v) is 6.53. The summed E-state index contributed by atoms with van der Waals surface area (Å²) in [5.74, 6) is 0.886. The van der Waals surface area contributed by atoms with Crippen molar-refractivity contribution in [3.63, 3.8) is 0 Å². The van der Waals surface area contributed by atoms with Gasteiger partial charge in [0.05, 0.1) is 6.61 Å². The van der Waals surface area contributed by atoms with Crippen LogP contribution in [-0.2, 0) is 6.54 Å². The van der Waals surface area contributed by atoms with Gasteiger partial charge in [0.2, 0.25) is 5.88 Å². The number of nitrogens with zero attached hydrogens (tertiary/aromatic N) is 3. The lowest BCUT2D eigenvalue weighted by atomic mass is 9.95. The highest BCUT2D eigenvalue weighted by Gasteiger charge is 2.46. The van der Waals surface area contributed by atoms with Crippen LogP contribution < -0.4 is 4.74 Å². The van der Waals surface area contributed by atoms with Crippen molar-refractivity contribution in [2.45, 2.75) is 45.6 Å². The third-order valence-electron chi connectivity index (χ3n) is 4.99. The molecule has 1 aliphatic carbocycles. The van der Waals surface area contributed by atoms with E-state index in [0.717, 1.165) is 50.5 Å². The van der Waals surface area contributed by atoms with Gasteiger partial charge in [0.1, 0.15) is 0 Å². The first-order valence-corrected chi connectivity index (χ1v) is 7.68. The lowest BCUT2D eigenvalue weighted by Gasteiger charge is -2.32. The molecule has 3 heterocycles. The van der Waals surface area contributed by atoms with Gasteiger partial charge in [-0.2, -0.15) is 5.10 Å². The molecule has 5 heteroatoms. The largest absolute Gasteiger partial charge is 0.478 e. The first kappa shape index (κ1) is 12.2. The standard InChI is InChI=1S/C15H21N3O2/c1-11-12(16-18-8-3-9-20-14(11)18)13(19)17-7-2-4-15(10-17)5-6-15/h2-10H2,1H3. The molecule has 1 aromatic rings. The highest BCUT2D eigenvalue weighted by Crippen LogP contribution is 2.52. The molecule has 0 bridgehead atoms. The first-order valence-electron chi connectivity index (χ1n) is 7.68. The quantitative estimate of drug-likeness (QED) is 0.787. The second kappa shape index (κ2) is 4.24. The monoisotopic (exact) mass is 275 g/mol. The zero-order valence-corrected chi connectivity index (χ0v) is 12.0. The van der Waals surface area contributed by atoms with Gasteiger partial charge in [-0.3, -0.25) is 4.79 Å². The summed E-state index contributed by atoms with van der Waals surface area (Å²) in [7, 11) is 0. The minimum Gasteiger partial charge on any atom is -0.478 e. The average Bonchev–Trinajstić information content (AvgIpc) is 3.13. The molecule has 0 atom stereocenters. The number of amides is 1. The van der Waals surface area contributed by atoms with Crippen molar-refractivity contribution in [1.82, 2.24) is 14.7 Å². The highest BCUT2D eigenvalue weighted by molar-refractivity contribution is 5.94.